The molecule has 4 rings (SSSR count). The molecule has 2 heterocycles. The second-order valence-corrected chi connectivity index (χ2v) is 10.1. The van der Waals surface area contributed by atoms with Crippen LogP contribution in [0.3, 0.4) is 0 Å². The summed E-state index contributed by atoms with van der Waals surface area (Å²) < 4.78 is 62.6. The number of nitrogens with zero attached hydrogens (tertiary/aromatic N) is 5. The Morgan fingerprint density at radius 2 is 1.79 bits per heavy atom. The molecule has 2 N–H and O–H groups in total. The van der Waals surface area contributed by atoms with Crippen LogP contribution in [-0.4, -0.2) is 51.4 Å². The number of rotatable bonds is 9. The molecule has 14 heteroatoms. The van der Waals surface area contributed by atoms with E-state index in [-0.39, 0.29) is 41.8 Å². The lowest BCUT2D eigenvalue weighted by Crippen LogP contribution is -2.47. The Balaban J connectivity index is 1.66. The number of amides is 2. The van der Waals surface area contributed by atoms with Crippen molar-refractivity contribution in [3.63, 3.8) is 0 Å². The molecule has 0 saturated carbocycles. The van der Waals surface area contributed by atoms with Crippen LogP contribution in [0.5, 0.6) is 0 Å². The molecular formula is C28H26F4N6O4. The number of halogens is 4. The van der Waals surface area contributed by atoms with Gasteiger partial charge < -0.3 is 15.2 Å². The lowest BCUT2D eigenvalue weighted by molar-refractivity contribution is -0.117. The third-order valence-electron chi connectivity index (χ3n) is 7.00. The summed E-state index contributed by atoms with van der Waals surface area (Å²) in [5.41, 5.74) is 8.28. The number of carbonyl (C=O) groups excluding carboxylic acids is 1. The van der Waals surface area contributed by atoms with Gasteiger partial charge in [-0.05, 0) is 67.6 Å². The number of azide groups is 1. The first-order chi connectivity index (χ1) is 19.9. The number of carboxylic acid groups (broad SMARTS) is 1. The molecule has 1 saturated heterocycles. The third kappa shape index (κ3) is 6.61. The van der Waals surface area contributed by atoms with Gasteiger partial charge in [-0.2, -0.15) is 0 Å². The zero-order valence-electron chi connectivity index (χ0n) is 22.5. The summed E-state index contributed by atoms with van der Waals surface area (Å²) in [5.74, 6) is -5.53. The lowest BCUT2D eigenvalue weighted by atomic mass is 9.84. The van der Waals surface area contributed by atoms with E-state index in [1.54, 1.807) is 13.8 Å². The molecule has 10 nitrogen and oxygen atoms in total. The summed E-state index contributed by atoms with van der Waals surface area (Å²) in [7, 11) is 0. The zero-order valence-corrected chi connectivity index (χ0v) is 22.5. The van der Waals surface area contributed by atoms with Crippen LogP contribution < -0.4 is 5.32 Å². The number of anilines is 1. The van der Waals surface area contributed by atoms with Gasteiger partial charge in [-0.25, -0.2) is 22.4 Å². The van der Waals surface area contributed by atoms with Crippen molar-refractivity contribution in [2.24, 2.45) is 5.11 Å². The SMILES string of the molecule is CC1(C)OCC(CCc2c(F)cncc2NC(=O)[C@@H](N=[N+]=[N-])[C@@H](c2ccc(F)cc2)c2cc(F)cc(F)c2)N1C(=O)O. The monoisotopic (exact) mass is 586 g/mol. The van der Waals surface area contributed by atoms with Crippen LogP contribution in [0.2, 0.25) is 0 Å². The van der Waals surface area contributed by atoms with E-state index in [0.717, 1.165) is 35.4 Å². The molecule has 0 radical (unpaired) electrons. The largest absolute Gasteiger partial charge is 0.465 e. The summed E-state index contributed by atoms with van der Waals surface area (Å²) in [4.78, 5) is 33.0. The highest BCUT2D eigenvalue weighted by Crippen LogP contribution is 2.34. The van der Waals surface area contributed by atoms with Crippen molar-refractivity contribution in [2.45, 2.75) is 50.4 Å². The molecular weight excluding hydrogens is 560 g/mol. The van der Waals surface area contributed by atoms with Crippen LogP contribution in [0, 0.1) is 23.3 Å². The maximum Gasteiger partial charge on any atom is 0.409 e. The van der Waals surface area contributed by atoms with Crippen LogP contribution in [0.25, 0.3) is 10.4 Å². The molecule has 2 aromatic carbocycles. The summed E-state index contributed by atoms with van der Waals surface area (Å²) >= 11 is 0. The Labute approximate surface area is 237 Å². The highest BCUT2D eigenvalue weighted by molar-refractivity contribution is 5.96. The molecule has 0 spiro atoms. The van der Waals surface area contributed by atoms with Gasteiger partial charge in [-0.3, -0.25) is 14.7 Å². The fourth-order valence-electron chi connectivity index (χ4n) is 5.13. The third-order valence-corrected chi connectivity index (χ3v) is 7.00. The maximum absolute atomic E-state index is 15.0. The first-order valence-electron chi connectivity index (χ1n) is 12.8. The molecule has 1 fully saturated rings. The number of carbonyl (C=O) groups is 2. The Bertz CT molecular complexity index is 1510. The minimum Gasteiger partial charge on any atom is -0.465 e. The summed E-state index contributed by atoms with van der Waals surface area (Å²) in [5, 5.41) is 15.7. The molecule has 42 heavy (non-hydrogen) atoms. The van der Waals surface area contributed by atoms with E-state index >= 15 is 0 Å². The average molecular weight is 587 g/mol. The Hall–Kier alpha value is -4.68. The van der Waals surface area contributed by atoms with Crippen molar-refractivity contribution in [2.75, 3.05) is 11.9 Å². The Morgan fingerprint density at radius 1 is 1.12 bits per heavy atom. The average Bonchev–Trinajstić information content (AvgIpc) is 3.22. The topological polar surface area (TPSA) is 141 Å². The van der Waals surface area contributed by atoms with Crippen LogP contribution in [0.15, 0.2) is 60.0 Å². The second kappa shape index (κ2) is 12.5. The zero-order chi connectivity index (χ0) is 30.6. The van der Waals surface area contributed by atoms with E-state index in [4.69, 9.17) is 4.74 Å². The minimum atomic E-state index is -1.66. The van der Waals surface area contributed by atoms with Gasteiger partial charge in [0, 0.05) is 22.5 Å². The predicted octanol–water partition coefficient (Wildman–Crippen LogP) is 6.14. The minimum absolute atomic E-state index is 0.00298. The van der Waals surface area contributed by atoms with Gasteiger partial charge in [0.25, 0.3) is 0 Å². The van der Waals surface area contributed by atoms with Gasteiger partial charge in [0.2, 0.25) is 5.91 Å². The Morgan fingerprint density at radius 3 is 2.40 bits per heavy atom. The molecule has 3 aromatic rings. The van der Waals surface area contributed by atoms with Crippen LogP contribution in [0.1, 0.15) is 42.9 Å². The van der Waals surface area contributed by atoms with Crippen molar-refractivity contribution in [3.8, 4) is 0 Å². The molecule has 1 aliphatic rings. The van der Waals surface area contributed by atoms with Gasteiger partial charge in [0.05, 0.1) is 30.7 Å². The van der Waals surface area contributed by atoms with E-state index < -0.39 is 59.0 Å². The first-order valence-corrected chi connectivity index (χ1v) is 12.8. The maximum atomic E-state index is 15.0. The molecule has 1 unspecified atom stereocenters. The fourth-order valence-corrected chi connectivity index (χ4v) is 5.13. The predicted molar refractivity (Wildman–Crippen MR) is 142 cm³/mol. The summed E-state index contributed by atoms with van der Waals surface area (Å²) in [6, 6.07) is 4.99. The van der Waals surface area contributed by atoms with Gasteiger partial charge in [-0.15, -0.1) is 0 Å². The number of aromatic nitrogens is 1. The van der Waals surface area contributed by atoms with Crippen molar-refractivity contribution in [3.05, 3.63) is 105 Å². The molecule has 0 bridgehead atoms. The number of ether oxygens (including phenoxy) is 1. The van der Waals surface area contributed by atoms with Crippen molar-refractivity contribution < 1.29 is 37.0 Å². The number of hydrogen-bond acceptors (Lipinski definition) is 5. The Kier molecular flexibility index (Phi) is 8.98. The second-order valence-electron chi connectivity index (χ2n) is 10.1. The number of nitrogens with one attached hydrogen (secondary N) is 1. The fraction of sp³-hybridized carbons (Fsp3) is 0.321. The van der Waals surface area contributed by atoms with Crippen LogP contribution in [0.4, 0.5) is 28.0 Å². The van der Waals surface area contributed by atoms with E-state index in [1.165, 1.54) is 18.3 Å². The lowest BCUT2D eigenvalue weighted by Gasteiger charge is -2.31. The first kappa shape index (κ1) is 30.3. The van der Waals surface area contributed by atoms with Crippen LogP contribution in [-0.2, 0) is 16.0 Å². The molecule has 2 amide bonds. The smallest absolute Gasteiger partial charge is 0.409 e. The molecule has 0 aliphatic carbocycles. The van der Waals surface area contributed by atoms with E-state index in [9.17, 15) is 37.8 Å². The molecule has 3 atom stereocenters. The highest BCUT2D eigenvalue weighted by Gasteiger charge is 2.43. The van der Waals surface area contributed by atoms with Gasteiger partial charge in [0.1, 0.15) is 35.0 Å². The molecule has 220 valence electrons. The standard InChI is InChI=1S/C28H26F4N6O4/c1-28(2)38(27(40)41)20(14-42-28)7-8-21-22(32)12-34-13-23(21)35-26(39)25(36-37-33)24(15-3-5-17(29)6-4-15)16-9-18(30)11-19(31)10-16/h3-6,9-13,20,24-25H,7-8,14H2,1-2H3,(H,35,39)(H,40,41)/t20?,24-,25-/m0/s1. The van der Waals surface area contributed by atoms with Gasteiger partial charge in [-0.1, -0.05) is 17.2 Å². The summed E-state index contributed by atoms with van der Waals surface area (Å²) in [6.45, 7) is 3.27. The van der Waals surface area contributed by atoms with Crippen molar-refractivity contribution >= 4 is 17.7 Å². The van der Waals surface area contributed by atoms with E-state index in [1.807, 2.05) is 0 Å². The van der Waals surface area contributed by atoms with Crippen molar-refractivity contribution in [1.29, 1.82) is 0 Å². The normalized spacial score (nSPS) is 17.3. The molecule has 1 aromatic heterocycles. The number of benzene rings is 2. The quantitative estimate of drug-likeness (QED) is 0.134. The van der Waals surface area contributed by atoms with Gasteiger partial charge in [0.15, 0.2) is 0 Å². The number of hydrogen-bond donors (Lipinski definition) is 2. The van der Waals surface area contributed by atoms with Crippen LogP contribution >= 0.6 is 0 Å². The molecule has 1 aliphatic heterocycles. The van der Waals surface area contributed by atoms with E-state index in [0.29, 0.717) is 6.07 Å². The van der Waals surface area contributed by atoms with Gasteiger partial charge >= 0.3 is 6.09 Å². The number of pyridine rings is 1. The van der Waals surface area contributed by atoms with E-state index in [2.05, 4.69) is 20.3 Å². The summed E-state index contributed by atoms with van der Waals surface area (Å²) in [6.07, 6.45) is 1.00. The highest BCUT2D eigenvalue weighted by atomic mass is 19.1. The van der Waals surface area contributed by atoms with Crippen molar-refractivity contribution in [1.82, 2.24) is 9.88 Å².